The summed E-state index contributed by atoms with van der Waals surface area (Å²) in [5, 5.41) is 3.07. The van der Waals surface area contributed by atoms with Gasteiger partial charge in [-0.25, -0.2) is 0 Å². The van der Waals surface area contributed by atoms with Crippen molar-refractivity contribution in [3.63, 3.8) is 0 Å². The average molecular weight is 455 g/mol. The maximum Gasteiger partial charge on any atom is 0.223 e. The Hall–Kier alpha value is -1.47. The van der Waals surface area contributed by atoms with E-state index in [-0.39, 0.29) is 29.8 Å². The molecule has 0 spiro atoms. The largest absolute Gasteiger partial charge is 0.379 e. The third-order valence-electron chi connectivity index (χ3n) is 5.89. The van der Waals surface area contributed by atoms with E-state index >= 15 is 0 Å². The van der Waals surface area contributed by atoms with Crippen molar-refractivity contribution in [1.82, 2.24) is 10.2 Å². The Kier molecular flexibility index (Phi) is 14.5. The van der Waals surface area contributed by atoms with Crippen LogP contribution in [0.2, 0.25) is 0 Å². The normalized spacial score (nSPS) is 18.7. The molecule has 7 nitrogen and oxygen atoms in total. The molecule has 1 aliphatic carbocycles. The summed E-state index contributed by atoms with van der Waals surface area (Å²) in [6, 6.07) is 0.338. The van der Waals surface area contributed by atoms with Gasteiger partial charge in [0.1, 0.15) is 5.78 Å². The molecule has 0 aromatic heterocycles. The number of hydrogen-bond acceptors (Lipinski definition) is 5. The van der Waals surface area contributed by atoms with E-state index < -0.39 is 0 Å². The molecule has 0 aromatic carbocycles. The van der Waals surface area contributed by atoms with Crippen LogP contribution in [0.25, 0.3) is 0 Å². The Morgan fingerprint density at radius 2 is 1.53 bits per heavy atom. The number of ketones is 1. The minimum absolute atomic E-state index is 0.00509. The zero-order chi connectivity index (χ0) is 23.9. The van der Waals surface area contributed by atoms with Crippen molar-refractivity contribution in [3.8, 4) is 0 Å². The van der Waals surface area contributed by atoms with Crippen molar-refractivity contribution >= 4 is 17.6 Å². The molecule has 1 fully saturated rings. The highest BCUT2D eigenvalue weighted by molar-refractivity contribution is 5.81. The molecule has 0 saturated heterocycles. The number of Topliss-reactive ketones (excluding diaryl/α,β-unsaturated/α-hetero) is 1. The fourth-order valence-electron chi connectivity index (χ4n) is 4.10. The molecule has 1 N–H and O–H groups in total. The molecule has 1 rings (SSSR count). The van der Waals surface area contributed by atoms with Gasteiger partial charge in [-0.1, -0.05) is 20.8 Å². The molecule has 0 radical (unpaired) electrons. The van der Waals surface area contributed by atoms with Gasteiger partial charge < -0.3 is 19.7 Å². The Balaban J connectivity index is 2.07. The van der Waals surface area contributed by atoms with E-state index in [2.05, 4.69) is 5.32 Å². The summed E-state index contributed by atoms with van der Waals surface area (Å²) in [6.45, 7) is 12.5. The third kappa shape index (κ3) is 12.0. The van der Waals surface area contributed by atoms with Crippen LogP contribution in [-0.2, 0) is 23.9 Å². The molecule has 1 aliphatic rings. The van der Waals surface area contributed by atoms with Gasteiger partial charge in [-0.3, -0.25) is 14.4 Å². The lowest BCUT2D eigenvalue weighted by Gasteiger charge is -2.28. The van der Waals surface area contributed by atoms with Crippen molar-refractivity contribution in [2.75, 3.05) is 33.0 Å². The highest BCUT2D eigenvalue weighted by atomic mass is 16.5. The number of carbonyl (C=O) groups is 3. The quantitative estimate of drug-likeness (QED) is 0.359. The molecular weight excluding hydrogens is 408 g/mol. The highest BCUT2D eigenvalue weighted by Gasteiger charge is 2.26. The molecule has 2 amide bonds. The molecule has 0 heterocycles. The lowest BCUT2D eigenvalue weighted by Crippen LogP contribution is -2.40. The van der Waals surface area contributed by atoms with E-state index in [4.69, 9.17) is 9.47 Å². The van der Waals surface area contributed by atoms with Crippen LogP contribution in [0.3, 0.4) is 0 Å². The second-order valence-electron chi connectivity index (χ2n) is 9.59. The minimum atomic E-state index is 0.00509. The third-order valence-corrected chi connectivity index (χ3v) is 5.89. The zero-order valence-corrected chi connectivity index (χ0v) is 21.0. The number of carbonyl (C=O) groups excluding carboxylic acids is 3. The number of amides is 2. The summed E-state index contributed by atoms with van der Waals surface area (Å²) in [6.07, 6.45) is 6.01. The van der Waals surface area contributed by atoms with Crippen LogP contribution in [-0.4, -0.2) is 67.6 Å². The summed E-state index contributed by atoms with van der Waals surface area (Å²) in [7, 11) is 0. The van der Waals surface area contributed by atoms with Crippen LogP contribution < -0.4 is 5.32 Å². The van der Waals surface area contributed by atoms with Crippen molar-refractivity contribution in [1.29, 1.82) is 0 Å². The first-order valence-corrected chi connectivity index (χ1v) is 12.5. The van der Waals surface area contributed by atoms with E-state index in [1.807, 2.05) is 39.5 Å². The fraction of sp³-hybridized carbons (Fsp3) is 0.880. The van der Waals surface area contributed by atoms with E-state index in [9.17, 15) is 14.4 Å². The molecule has 186 valence electrons. The molecule has 0 atom stereocenters. The van der Waals surface area contributed by atoms with Crippen molar-refractivity contribution in [2.24, 2.45) is 11.8 Å². The zero-order valence-electron chi connectivity index (χ0n) is 21.0. The van der Waals surface area contributed by atoms with E-state index in [1.54, 1.807) is 0 Å². The molecular formula is C25H46N2O5. The predicted octanol–water partition coefficient (Wildman–Crippen LogP) is 3.74. The van der Waals surface area contributed by atoms with Crippen molar-refractivity contribution in [3.05, 3.63) is 0 Å². The average Bonchev–Trinajstić information content (AvgIpc) is 2.72. The first-order valence-electron chi connectivity index (χ1n) is 12.5. The molecule has 0 aromatic rings. The Bertz CT molecular complexity index is 557. The molecule has 1 saturated carbocycles. The Morgan fingerprint density at radius 1 is 0.906 bits per heavy atom. The van der Waals surface area contributed by atoms with Gasteiger partial charge >= 0.3 is 0 Å². The van der Waals surface area contributed by atoms with Gasteiger partial charge in [-0.2, -0.15) is 0 Å². The lowest BCUT2D eigenvalue weighted by atomic mass is 9.82. The number of ether oxygens (including phenoxy) is 2. The Morgan fingerprint density at radius 3 is 2.09 bits per heavy atom. The topological polar surface area (TPSA) is 84.9 Å². The van der Waals surface area contributed by atoms with Gasteiger partial charge in [0, 0.05) is 43.8 Å². The van der Waals surface area contributed by atoms with E-state index in [1.165, 1.54) is 0 Å². The summed E-state index contributed by atoms with van der Waals surface area (Å²) in [5.74, 6) is 1.09. The van der Waals surface area contributed by atoms with Gasteiger partial charge in [0.25, 0.3) is 0 Å². The molecule has 7 heteroatoms. The molecule has 32 heavy (non-hydrogen) atoms. The highest BCUT2D eigenvalue weighted by Crippen LogP contribution is 2.26. The maximum absolute atomic E-state index is 12.3. The maximum atomic E-state index is 12.3. The van der Waals surface area contributed by atoms with Gasteiger partial charge in [0.15, 0.2) is 0 Å². The first-order chi connectivity index (χ1) is 15.2. The molecule has 0 unspecified atom stereocenters. The number of nitrogens with one attached hydrogen (secondary N) is 1. The lowest BCUT2D eigenvalue weighted by molar-refractivity contribution is -0.134. The monoisotopic (exact) mass is 454 g/mol. The SMILES string of the molecule is CCCC(=O)C1CCC(NC(=O)CCOCCOCCN(C(=O)CC(C)C)C(C)C)CC1. The Labute approximate surface area is 195 Å². The van der Waals surface area contributed by atoms with Gasteiger partial charge in [-0.05, 0) is 51.9 Å². The smallest absolute Gasteiger partial charge is 0.223 e. The van der Waals surface area contributed by atoms with E-state index in [0.29, 0.717) is 63.9 Å². The van der Waals surface area contributed by atoms with Crippen LogP contribution >= 0.6 is 0 Å². The molecule has 0 bridgehead atoms. The van der Waals surface area contributed by atoms with Gasteiger partial charge in [0.2, 0.25) is 11.8 Å². The van der Waals surface area contributed by atoms with Crippen LogP contribution in [0.15, 0.2) is 0 Å². The summed E-state index contributed by atoms with van der Waals surface area (Å²) in [4.78, 5) is 38.2. The second kappa shape index (κ2) is 16.2. The summed E-state index contributed by atoms with van der Waals surface area (Å²) >= 11 is 0. The van der Waals surface area contributed by atoms with Gasteiger partial charge in [-0.15, -0.1) is 0 Å². The summed E-state index contributed by atoms with van der Waals surface area (Å²) < 4.78 is 11.1. The number of nitrogens with zero attached hydrogens (tertiary/aromatic N) is 1. The van der Waals surface area contributed by atoms with Crippen molar-refractivity contribution < 1.29 is 23.9 Å². The standard InChI is InChI=1S/C25H46N2O5/c1-6-7-23(28)21-8-10-22(11-9-21)26-24(29)12-14-31-16-17-32-15-13-27(20(4)5)25(30)18-19(2)3/h19-22H,6-18H2,1-5H3,(H,26,29). The van der Waals surface area contributed by atoms with Gasteiger partial charge in [0.05, 0.1) is 26.4 Å². The van der Waals surface area contributed by atoms with Crippen LogP contribution in [0.4, 0.5) is 0 Å². The van der Waals surface area contributed by atoms with Crippen LogP contribution in [0.5, 0.6) is 0 Å². The van der Waals surface area contributed by atoms with Crippen LogP contribution in [0.1, 0.15) is 86.0 Å². The van der Waals surface area contributed by atoms with Crippen molar-refractivity contribution in [2.45, 2.75) is 98.1 Å². The number of hydrogen-bond donors (Lipinski definition) is 1. The van der Waals surface area contributed by atoms with Crippen LogP contribution in [0, 0.1) is 11.8 Å². The molecule has 0 aliphatic heterocycles. The second-order valence-corrected chi connectivity index (χ2v) is 9.59. The van der Waals surface area contributed by atoms with E-state index in [0.717, 1.165) is 32.1 Å². The number of rotatable bonds is 16. The first kappa shape index (κ1) is 28.6. The fourth-order valence-corrected chi connectivity index (χ4v) is 4.10. The predicted molar refractivity (Wildman–Crippen MR) is 126 cm³/mol. The minimum Gasteiger partial charge on any atom is -0.379 e. The summed E-state index contributed by atoms with van der Waals surface area (Å²) in [5.41, 5.74) is 0.